The monoisotopic (exact) mass is 568 g/mol. The van der Waals surface area contributed by atoms with Gasteiger partial charge in [0, 0.05) is 69.8 Å². The minimum absolute atomic E-state index is 0.548. The summed E-state index contributed by atoms with van der Waals surface area (Å²) < 4.78 is 0. The van der Waals surface area contributed by atoms with E-state index in [1.807, 2.05) is 12.4 Å². The fourth-order valence-electron chi connectivity index (χ4n) is 7.99. The topological polar surface area (TPSA) is 90.9 Å². The molecule has 0 atom stereocenters. The van der Waals surface area contributed by atoms with Crippen LogP contribution in [0.4, 0.5) is 0 Å². The Kier molecular flexibility index (Phi) is 9.09. The zero-order valence-corrected chi connectivity index (χ0v) is 25.4. The average Bonchev–Trinajstić information content (AvgIpc) is 3.79. The van der Waals surface area contributed by atoms with Crippen molar-refractivity contribution in [3.05, 3.63) is 71.8 Å². The van der Waals surface area contributed by atoms with Gasteiger partial charge in [0.2, 0.25) is 0 Å². The first kappa shape index (κ1) is 29.1. The molecule has 42 heavy (non-hydrogen) atoms. The highest BCUT2D eigenvalue weighted by atomic mass is 15.2. The minimum atomic E-state index is -0.636. The quantitative estimate of drug-likeness (QED) is 0.331. The van der Waals surface area contributed by atoms with E-state index in [1.165, 1.54) is 88.7 Å². The maximum Gasteiger partial charge on any atom is 0.107 e. The van der Waals surface area contributed by atoms with Gasteiger partial charge in [-0.25, -0.2) is 9.97 Å². The Morgan fingerprint density at radius 1 is 0.929 bits per heavy atom. The second-order valence-corrected chi connectivity index (χ2v) is 13.6. The van der Waals surface area contributed by atoms with E-state index in [9.17, 15) is 5.26 Å². The van der Waals surface area contributed by atoms with E-state index < -0.39 is 5.41 Å². The molecule has 2 aromatic heterocycles. The van der Waals surface area contributed by atoms with Gasteiger partial charge in [0.25, 0.3) is 0 Å². The lowest BCUT2D eigenvalue weighted by molar-refractivity contribution is 0.0615. The van der Waals surface area contributed by atoms with E-state index in [-0.39, 0.29) is 0 Å². The van der Waals surface area contributed by atoms with Crippen LogP contribution in [-0.4, -0.2) is 80.4 Å². The number of imidazole rings is 2. The lowest BCUT2D eigenvalue weighted by atomic mass is 9.77. The van der Waals surface area contributed by atoms with Crippen LogP contribution < -0.4 is 0 Å². The third-order valence-electron chi connectivity index (χ3n) is 10.3. The highest BCUT2D eigenvalue weighted by Gasteiger charge is 2.41. The summed E-state index contributed by atoms with van der Waals surface area (Å²) >= 11 is 0. The summed E-state index contributed by atoms with van der Waals surface area (Å²) in [5.74, 6) is 1.67. The minimum Gasteiger partial charge on any atom is -0.349 e. The molecule has 1 aromatic carbocycles. The number of nitrogens with zero attached hydrogens (tertiary/aromatic N) is 6. The van der Waals surface area contributed by atoms with E-state index in [4.69, 9.17) is 0 Å². The number of H-pyrrole nitrogens is 2. The number of nitriles is 1. The first-order valence-electron chi connectivity index (χ1n) is 16.1. The van der Waals surface area contributed by atoms with Crippen molar-refractivity contribution in [2.75, 3.05) is 39.8 Å². The van der Waals surface area contributed by atoms with Crippen LogP contribution in [0.1, 0.15) is 74.1 Å². The Morgan fingerprint density at radius 2 is 1.55 bits per heavy atom. The van der Waals surface area contributed by atoms with Crippen molar-refractivity contribution in [3.63, 3.8) is 0 Å². The van der Waals surface area contributed by atoms with Crippen molar-refractivity contribution in [2.24, 2.45) is 10.8 Å². The number of hydrogen-bond acceptors (Lipinski definition) is 6. The Hall–Kier alpha value is -2.99. The molecule has 224 valence electrons. The standard InChI is InChI=1S/C34H48N8/c1-40(26-34(25-35,21-31-36-14-15-37-31)22-32-38-16-17-39-32)23-28-7-9-29(10-8-28)24-41-18-11-33(27-41)12-19-42(20-13-33)30-5-3-2-4-6-30/h7-10,14-17,30H,2-6,11-13,18-24,26-27H2,1H3,(H,36,37)(H,38,39). The molecule has 1 saturated carbocycles. The molecule has 2 N–H and O–H groups in total. The molecule has 8 heteroatoms. The highest BCUT2D eigenvalue weighted by Crippen LogP contribution is 2.42. The van der Waals surface area contributed by atoms with Gasteiger partial charge >= 0.3 is 0 Å². The molecule has 0 unspecified atom stereocenters. The Labute approximate surface area is 251 Å². The molecule has 0 bridgehead atoms. The van der Waals surface area contributed by atoms with Crippen LogP contribution in [0.3, 0.4) is 0 Å². The Bertz CT molecular complexity index is 1230. The van der Waals surface area contributed by atoms with Crippen molar-refractivity contribution in [3.8, 4) is 6.07 Å². The first-order chi connectivity index (χ1) is 20.5. The van der Waals surface area contributed by atoms with Crippen molar-refractivity contribution < 1.29 is 0 Å². The molecule has 1 spiro atoms. The third-order valence-corrected chi connectivity index (χ3v) is 10.3. The van der Waals surface area contributed by atoms with Crippen LogP contribution >= 0.6 is 0 Å². The van der Waals surface area contributed by atoms with Gasteiger partial charge in [-0.1, -0.05) is 43.5 Å². The van der Waals surface area contributed by atoms with Crippen molar-refractivity contribution in [2.45, 2.75) is 83.3 Å². The molecule has 1 aliphatic carbocycles. The SMILES string of the molecule is CN(Cc1ccc(CN2CCC3(CCN(C4CCCCC4)CC3)C2)cc1)CC(C#N)(Cc1ncc[nH]1)Cc1ncc[nH]1. The maximum atomic E-state index is 10.4. The molecule has 2 saturated heterocycles. The zero-order chi connectivity index (χ0) is 28.8. The molecule has 3 aromatic rings. The molecule has 3 fully saturated rings. The third kappa shape index (κ3) is 7.14. The van der Waals surface area contributed by atoms with Crippen LogP contribution in [0, 0.1) is 22.2 Å². The van der Waals surface area contributed by atoms with E-state index in [2.05, 4.69) is 72.0 Å². The molecule has 0 radical (unpaired) electrons. The predicted molar refractivity (Wildman–Crippen MR) is 165 cm³/mol. The summed E-state index contributed by atoms with van der Waals surface area (Å²) in [5.41, 5.74) is 2.59. The van der Waals surface area contributed by atoms with Gasteiger partial charge in [-0.2, -0.15) is 5.26 Å². The van der Waals surface area contributed by atoms with Gasteiger partial charge in [0.05, 0.1) is 11.5 Å². The number of hydrogen-bond donors (Lipinski definition) is 2. The number of likely N-dealkylation sites (tertiary alicyclic amines) is 2. The van der Waals surface area contributed by atoms with Crippen LogP contribution in [0.5, 0.6) is 0 Å². The lowest BCUT2D eigenvalue weighted by Gasteiger charge is -2.43. The van der Waals surface area contributed by atoms with Gasteiger partial charge in [-0.05, 0) is 75.3 Å². The number of piperidine rings is 1. The van der Waals surface area contributed by atoms with E-state index in [0.29, 0.717) is 24.8 Å². The smallest absolute Gasteiger partial charge is 0.107 e. The summed E-state index contributed by atoms with van der Waals surface area (Å²) in [7, 11) is 2.10. The number of rotatable bonds is 11. The second kappa shape index (κ2) is 13.1. The molecular formula is C34H48N8. The summed E-state index contributed by atoms with van der Waals surface area (Å²) in [6.45, 7) is 7.60. The highest BCUT2D eigenvalue weighted by molar-refractivity contribution is 5.23. The van der Waals surface area contributed by atoms with E-state index in [0.717, 1.165) is 30.8 Å². The predicted octanol–water partition coefficient (Wildman–Crippen LogP) is 5.18. The van der Waals surface area contributed by atoms with Crippen molar-refractivity contribution in [1.29, 1.82) is 5.26 Å². The molecule has 2 aliphatic heterocycles. The summed E-state index contributed by atoms with van der Waals surface area (Å²) in [4.78, 5) is 23.0. The molecular weight excluding hydrogens is 520 g/mol. The fraction of sp³-hybridized carbons (Fsp3) is 0.618. The summed E-state index contributed by atoms with van der Waals surface area (Å²) in [6, 6.07) is 12.7. The fourth-order valence-corrected chi connectivity index (χ4v) is 7.99. The van der Waals surface area contributed by atoms with Crippen molar-refractivity contribution in [1.82, 2.24) is 34.6 Å². The van der Waals surface area contributed by atoms with Gasteiger partial charge in [0.1, 0.15) is 11.6 Å². The van der Waals surface area contributed by atoms with Gasteiger partial charge in [-0.15, -0.1) is 0 Å². The molecule has 4 heterocycles. The summed E-state index contributed by atoms with van der Waals surface area (Å²) in [6.07, 6.45) is 19.6. The average molecular weight is 569 g/mol. The van der Waals surface area contributed by atoms with Crippen molar-refractivity contribution >= 4 is 0 Å². The lowest BCUT2D eigenvalue weighted by Crippen LogP contribution is -2.46. The number of benzene rings is 1. The summed E-state index contributed by atoms with van der Waals surface area (Å²) in [5, 5.41) is 10.4. The van der Waals surface area contributed by atoms with Crippen LogP contribution in [-0.2, 0) is 25.9 Å². The molecule has 8 nitrogen and oxygen atoms in total. The van der Waals surface area contributed by atoms with Gasteiger partial charge in [-0.3, -0.25) is 4.90 Å². The van der Waals surface area contributed by atoms with Crippen LogP contribution in [0.25, 0.3) is 0 Å². The molecule has 6 rings (SSSR count). The Balaban J connectivity index is 1.00. The van der Waals surface area contributed by atoms with Crippen LogP contribution in [0.15, 0.2) is 49.1 Å². The number of aromatic nitrogens is 4. The second-order valence-electron chi connectivity index (χ2n) is 13.6. The molecule has 0 amide bonds. The number of aromatic amines is 2. The van der Waals surface area contributed by atoms with Gasteiger partial charge in [0.15, 0.2) is 0 Å². The van der Waals surface area contributed by atoms with E-state index in [1.54, 1.807) is 12.4 Å². The van der Waals surface area contributed by atoms with Gasteiger partial charge < -0.3 is 19.8 Å². The normalized spacial score (nSPS) is 20.4. The van der Waals surface area contributed by atoms with E-state index >= 15 is 0 Å². The van der Waals surface area contributed by atoms with Crippen LogP contribution in [0.2, 0.25) is 0 Å². The molecule has 3 aliphatic rings. The maximum absolute atomic E-state index is 10.4. The largest absolute Gasteiger partial charge is 0.349 e. The Morgan fingerprint density at radius 3 is 2.14 bits per heavy atom. The first-order valence-corrected chi connectivity index (χ1v) is 16.1. The number of nitrogens with one attached hydrogen (secondary N) is 2. The zero-order valence-electron chi connectivity index (χ0n) is 25.4.